The molecule has 0 fully saturated rings. The zero-order valence-corrected chi connectivity index (χ0v) is 13.0. The van der Waals surface area contributed by atoms with Gasteiger partial charge in [-0.1, -0.05) is 42.5 Å². The van der Waals surface area contributed by atoms with Crippen molar-refractivity contribution in [3.63, 3.8) is 0 Å². The van der Waals surface area contributed by atoms with Crippen molar-refractivity contribution in [3.8, 4) is 0 Å². The molecule has 0 saturated heterocycles. The molecule has 0 saturated carbocycles. The molecule has 3 heteroatoms. The molecule has 0 bridgehead atoms. The maximum atomic E-state index is 13.0. The molecule has 0 atom stereocenters. The van der Waals surface area contributed by atoms with Crippen LogP contribution in [0.4, 0.5) is 0 Å². The molecule has 23 heavy (non-hydrogen) atoms. The van der Waals surface area contributed by atoms with Gasteiger partial charge in [0.2, 0.25) is 0 Å². The molecule has 1 aliphatic carbocycles. The summed E-state index contributed by atoms with van der Waals surface area (Å²) in [5.41, 5.74) is 3.90. The van der Waals surface area contributed by atoms with Gasteiger partial charge < -0.3 is 4.57 Å². The highest BCUT2D eigenvalue weighted by atomic mass is 16.1. The van der Waals surface area contributed by atoms with Gasteiger partial charge in [0.15, 0.2) is 11.6 Å². The summed E-state index contributed by atoms with van der Waals surface area (Å²) in [6.07, 6.45) is 1.93. The lowest BCUT2D eigenvalue weighted by Gasteiger charge is -2.18. The van der Waals surface area contributed by atoms with Gasteiger partial charge in [-0.05, 0) is 13.0 Å². The van der Waals surface area contributed by atoms with Crippen molar-refractivity contribution in [1.29, 1.82) is 0 Å². The van der Waals surface area contributed by atoms with E-state index in [1.54, 1.807) is 31.2 Å². The van der Waals surface area contributed by atoms with E-state index in [1.165, 1.54) is 0 Å². The van der Waals surface area contributed by atoms with E-state index in [4.69, 9.17) is 0 Å². The van der Waals surface area contributed by atoms with E-state index in [-0.39, 0.29) is 11.6 Å². The molecule has 3 nitrogen and oxygen atoms in total. The standard InChI is InChI=1S/C20H15NO2/c1-12-18(16-11-21(2)17-10-6-5-7-13(16)17)20(23)15-9-4-3-8-14(15)19(12)22/h3-11H,1-2H3. The fraction of sp³-hybridized carbons (Fsp3) is 0.100. The van der Waals surface area contributed by atoms with Gasteiger partial charge in [-0.3, -0.25) is 9.59 Å². The maximum Gasteiger partial charge on any atom is 0.194 e. The minimum atomic E-state index is -0.0750. The Morgan fingerprint density at radius 3 is 2.13 bits per heavy atom. The van der Waals surface area contributed by atoms with Gasteiger partial charge in [0, 0.05) is 52.0 Å². The normalized spacial score (nSPS) is 14.5. The Morgan fingerprint density at radius 2 is 1.39 bits per heavy atom. The van der Waals surface area contributed by atoms with Crippen LogP contribution in [0.1, 0.15) is 33.2 Å². The van der Waals surface area contributed by atoms with Crippen LogP contribution in [0.5, 0.6) is 0 Å². The number of hydrogen-bond donors (Lipinski definition) is 0. The Morgan fingerprint density at radius 1 is 0.783 bits per heavy atom. The maximum absolute atomic E-state index is 13.0. The van der Waals surface area contributed by atoms with E-state index >= 15 is 0 Å². The number of allylic oxidation sites excluding steroid dienone is 2. The third-order valence-corrected chi connectivity index (χ3v) is 4.53. The van der Waals surface area contributed by atoms with E-state index in [0.717, 1.165) is 16.5 Å². The minimum absolute atomic E-state index is 0.0665. The largest absolute Gasteiger partial charge is 0.350 e. The van der Waals surface area contributed by atoms with Crippen molar-refractivity contribution >= 4 is 28.0 Å². The fourth-order valence-electron chi connectivity index (χ4n) is 3.36. The number of rotatable bonds is 1. The summed E-state index contributed by atoms with van der Waals surface area (Å²) in [5, 5.41) is 0.991. The molecule has 0 radical (unpaired) electrons. The Kier molecular flexibility index (Phi) is 2.85. The molecule has 112 valence electrons. The monoisotopic (exact) mass is 301 g/mol. The van der Waals surface area contributed by atoms with E-state index < -0.39 is 0 Å². The molecule has 0 amide bonds. The van der Waals surface area contributed by atoms with Gasteiger partial charge in [-0.2, -0.15) is 0 Å². The third-order valence-electron chi connectivity index (χ3n) is 4.53. The summed E-state index contributed by atoms with van der Waals surface area (Å²) in [4.78, 5) is 25.7. The molecule has 0 unspecified atom stereocenters. The van der Waals surface area contributed by atoms with E-state index in [9.17, 15) is 9.59 Å². The predicted molar refractivity (Wildman–Crippen MR) is 90.6 cm³/mol. The summed E-state index contributed by atoms with van der Waals surface area (Å²) in [6.45, 7) is 1.74. The Labute approximate surface area is 133 Å². The molecule has 1 aliphatic rings. The summed E-state index contributed by atoms with van der Waals surface area (Å²) in [7, 11) is 1.95. The Bertz CT molecular complexity index is 1020. The zero-order valence-electron chi connectivity index (χ0n) is 13.0. The Balaban J connectivity index is 2.03. The van der Waals surface area contributed by atoms with E-state index in [0.29, 0.717) is 22.3 Å². The minimum Gasteiger partial charge on any atom is -0.350 e. The van der Waals surface area contributed by atoms with Crippen LogP contribution in [-0.2, 0) is 7.05 Å². The quantitative estimate of drug-likeness (QED) is 0.680. The number of carbonyl (C=O) groups is 2. The number of ketones is 2. The summed E-state index contributed by atoms with van der Waals surface area (Å²) in [6, 6.07) is 15.0. The third kappa shape index (κ3) is 1.83. The highest BCUT2D eigenvalue weighted by Gasteiger charge is 2.31. The van der Waals surface area contributed by atoms with Crippen molar-refractivity contribution in [2.24, 2.45) is 7.05 Å². The van der Waals surface area contributed by atoms with E-state index in [2.05, 4.69) is 0 Å². The molecule has 0 N–H and O–H groups in total. The fourth-order valence-corrected chi connectivity index (χ4v) is 3.36. The van der Waals surface area contributed by atoms with Crippen molar-refractivity contribution < 1.29 is 9.59 Å². The van der Waals surface area contributed by atoms with Crippen LogP contribution < -0.4 is 0 Å². The smallest absolute Gasteiger partial charge is 0.194 e. The summed E-state index contributed by atoms with van der Waals surface area (Å²) >= 11 is 0. The highest BCUT2D eigenvalue weighted by molar-refractivity contribution is 6.41. The van der Waals surface area contributed by atoms with Crippen LogP contribution >= 0.6 is 0 Å². The number of aryl methyl sites for hydroxylation is 1. The molecule has 1 heterocycles. The number of carbonyl (C=O) groups excluding carboxylic acids is 2. The average molecular weight is 301 g/mol. The number of fused-ring (bicyclic) bond motifs is 2. The molecule has 4 rings (SSSR count). The van der Waals surface area contributed by atoms with Crippen molar-refractivity contribution in [3.05, 3.63) is 77.0 Å². The number of aromatic nitrogens is 1. The zero-order chi connectivity index (χ0) is 16.1. The molecule has 1 aromatic heterocycles. The molecule has 0 aliphatic heterocycles. The first-order chi connectivity index (χ1) is 11.1. The van der Waals surface area contributed by atoms with Gasteiger partial charge in [-0.15, -0.1) is 0 Å². The number of nitrogens with zero attached hydrogens (tertiary/aromatic N) is 1. The highest BCUT2D eigenvalue weighted by Crippen LogP contribution is 2.36. The summed E-state index contributed by atoms with van der Waals surface area (Å²) in [5.74, 6) is -0.141. The SMILES string of the molecule is CC1=C(c2cn(C)c3ccccc23)C(=O)c2ccccc2C1=O. The Hall–Kier alpha value is -2.94. The lowest BCUT2D eigenvalue weighted by molar-refractivity contribution is 0.0992. The lowest BCUT2D eigenvalue weighted by Crippen LogP contribution is -2.19. The summed E-state index contributed by atoms with van der Waals surface area (Å²) < 4.78 is 1.99. The second-order valence-corrected chi connectivity index (χ2v) is 5.87. The molecular weight excluding hydrogens is 286 g/mol. The number of hydrogen-bond acceptors (Lipinski definition) is 2. The van der Waals surface area contributed by atoms with Gasteiger partial charge >= 0.3 is 0 Å². The van der Waals surface area contributed by atoms with Crippen molar-refractivity contribution in [1.82, 2.24) is 4.57 Å². The second kappa shape index (κ2) is 4.78. The molecule has 0 spiro atoms. The first-order valence-corrected chi connectivity index (χ1v) is 7.53. The van der Waals surface area contributed by atoms with E-state index in [1.807, 2.05) is 42.1 Å². The van der Waals surface area contributed by atoms with Gasteiger partial charge in [0.05, 0.1) is 0 Å². The number of Topliss-reactive ketones (excluding diaryl/α,β-unsaturated/α-hetero) is 2. The number of para-hydroxylation sites is 1. The lowest BCUT2D eigenvalue weighted by atomic mass is 9.82. The van der Waals surface area contributed by atoms with Crippen LogP contribution in [0.25, 0.3) is 16.5 Å². The topological polar surface area (TPSA) is 39.1 Å². The molecule has 3 aromatic rings. The van der Waals surface area contributed by atoms with Crippen LogP contribution in [0.2, 0.25) is 0 Å². The first kappa shape index (κ1) is 13.7. The van der Waals surface area contributed by atoms with Crippen LogP contribution in [-0.4, -0.2) is 16.1 Å². The second-order valence-electron chi connectivity index (χ2n) is 5.87. The number of benzene rings is 2. The van der Waals surface area contributed by atoms with Crippen molar-refractivity contribution in [2.45, 2.75) is 6.92 Å². The predicted octanol–water partition coefficient (Wildman–Crippen LogP) is 4.03. The van der Waals surface area contributed by atoms with Crippen LogP contribution in [0, 0.1) is 0 Å². The van der Waals surface area contributed by atoms with Gasteiger partial charge in [0.25, 0.3) is 0 Å². The van der Waals surface area contributed by atoms with Gasteiger partial charge in [0.1, 0.15) is 0 Å². The molecular formula is C20H15NO2. The molecule has 2 aromatic carbocycles. The van der Waals surface area contributed by atoms with Crippen LogP contribution in [0.15, 0.2) is 60.3 Å². The first-order valence-electron chi connectivity index (χ1n) is 7.53. The van der Waals surface area contributed by atoms with Crippen molar-refractivity contribution in [2.75, 3.05) is 0 Å². The van der Waals surface area contributed by atoms with Gasteiger partial charge in [-0.25, -0.2) is 0 Å². The average Bonchev–Trinajstić information content (AvgIpc) is 2.90. The van der Waals surface area contributed by atoms with Crippen LogP contribution in [0.3, 0.4) is 0 Å².